The maximum Gasteiger partial charge on any atom is 0.331 e. The second-order valence-electron chi connectivity index (χ2n) is 4.53. The van der Waals surface area contributed by atoms with E-state index in [1.807, 2.05) is 0 Å². The third-order valence-corrected chi connectivity index (χ3v) is 3.02. The Hall–Kier alpha value is -2.53. The van der Waals surface area contributed by atoms with E-state index in [4.69, 9.17) is 9.84 Å². The molecule has 0 aromatic heterocycles. The van der Waals surface area contributed by atoms with E-state index in [0.29, 0.717) is 11.1 Å². The zero-order chi connectivity index (χ0) is 15.9. The third kappa shape index (κ3) is 4.23. The van der Waals surface area contributed by atoms with Crippen molar-refractivity contribution in [1.29, 1.82) is 0 Å². The minimum atomic E-state index is -0.755. The molecule has 1 N–H and O–H groups in total. The van der Waals surface area contributed by atoms with Crippen LogP contribution in [0.25, 0.3) is 6.08 Å². The lowest BCUT2D eigenvalue weighted by Gasteiger charge is -2.06. The summed E-state index contributed by atoms with van der Waals surface area (Å²) >= 11 is 0. The van der Waals surface area contributed by atoms with Gasteiger partial charge in [0, 0.05) is 17.7 Å². The van der Waals surface area contributed by atoms with Crippen LogP contribution in [-0.4, -0.2) is 11.1 Å². The van der Waals surface area contributed by atoms with Crippen LogP contribution in [0, 0.1) is 11.6 Å². The SMILES string of the molecule is O=C(C=Cc1ccc(F)cc1F)OCc1ccccc1CO. The largest absolute Gasteiger partial charge is 0.458 e. The summed E-state index contributed by atoms with van der Waals surface area (Å²) in [5.41, 5.74) is 1.46. The molecule has 2 aromatic carbocycles. The van der Waals surface area contributed by atoms with Gasteiger partial charge in [-0.15, -0.1) is 0 Å². The Labute approximate surface area is 126 Å². The summed E-state index contributed by atoms with van der Waals surface area (Å²) in [5, 5.41) is 9.16. The zero-order valence-corrected chi connectivity index (χ0v) is 11.6. The molecule has 5 heteroatoms. The van der Waals surface area contributed by atoms with Crippen LogP contribution >= 0.6 is 0 Å². The van der Waals surface area contributed by atoms with E-state index in [0.717, 1.165) is 18.2 Å². The second kappa shape index (κ2) is 7.47. The van der Waals surface area contributed by atoms with Gasteiger partial charge in [0.1, 0.15) is 18.2 Å². The highest BCUT2D eigenvalue weighted by molar-refractivity contribution is 5.87. The predicted molar refractivity (Wildman–Crippen MR) is 77.6 cm³/mol. The monoisotopic (exact) mass is 304 g/mol. The molecule has 0 aliphatic carbocycles. The summed E-state index contributed by atoms with van der Waals surface area (Å²) in [6.07, 6.45) is 2.28. The molecule has 0 aliphatic rings. The topological polar surface area (TPSA) is 46.5 Å². The summed E-state index contributed by atoms with van der Waals surface area (Å²) in [6.45, 7) is -0.143. The first-order valence-corrected chi connectivity index (χ1v) is 6.57. The number of hydrogen-bond donors (Lipinski definition) is 1. The van der Waals surface area contributed by atoms with Crippen molar-refractivity contribution in [3.05, 3.63) is 76.9 Å². The Morgan fingerprint density at radius 2 is 1.86 bits per heavy atom. The molecule has 22 heavy (non-hydrogen) atoms. The van der Waals surface area contributed by atoms with Crippen molar-refractivity contribution in [3.63, 3.8) is 0 Å². The van der Waals surface area contributed by atoms with Crippen LogP contribution < -0.4 is 0 Å². The molecule has 2 rings (SSSR count). The maximum atomic E-state index is 13.4. The number of carbonyl (C=O) groups excluding carboxylic acids is 1. The standard InChI is InChI=1S/C17H14F2O3/c18-15-7-5-12(16(19)9-15)6-8-17(21)22-11-14-4-2-1-3-13(14)10-20/h1-9,20H,10-11H2. The van der Waals surface area contributed by atoms with Gasteiger partial charge >= 0.3 is 5.97 Å². The van der Waals surface area contributed by atoms with Gasteiger partial charge in [0.2, 0.25) is 0 Å². The van der Waals surface area contributed by atoms with Gasteiger partial charge in [0.25, 0.3) is 0 Å². The molecule has 0 heterocycles. The molecule has 0 atom stereocenters. The Morgan fingerprint density at radius 3 is 2.55 bits per heavy atom. The fourth-order valence-corrected chi connectivity index (χ4v) is 1.84. The summed E-state index contributed by atoms with van der Waals surface area (Å²) in [4.78, 5) is 11.6. The molecule has 0 spiro atoms. The predicted octanol–water partition coefficient (Wildman–Crippen LogP) is 3.21. The van der Waals surface area contributed by atoms with Crippen LogP contribution in [0.2, 0.25) is 0 Å². The summed E-state index contributed by atoms with van der Waals surface area (Å²) in [5.74, 6) is -2.09. The van der Waals surface area contributed by atoms with E-state index in [1.54, 1.807) is 24.3 Å². The van der Waals surface area contributed by atoms with Crippen molar-refractivity contribution >= 4 is 12.0 Å². The lowest BCUT2D eigenvalue weighted by molar-refractivity contribution is -0.138. The molecule has 0 bridgehead atoms. The fourth-order valence-electron chi connectivity index (χ4n) is 1.84. The van der Waals surface area contributed by atoms with E-state index in [-0.39, 0.29) is 18.8 Å². The van der Waals surface area contributed by atoms with E-state index in [1.165, 1.54) is 12.1 Å². The van der Waals surface area contributed by atoms with E-state index in [9.17, 15) is 13.6 Å². The lowest BCUT2D eigenvalue weighted by atomic mass is 10.1. The van der Waals surface area contributed by atoms with Crippen LogP contribution in [0.3, 0.4) is 0 Å². The minimum Gasteiger partial charge on any atom is -0.458 e. The number of hydrogen-bond acceptors (Lipinski definition) is 3. The first-order valence-electron chi connectivity index (χ1n) is 6.57. The number of rotatable bonds is 5. The molecule has 0 unspecified atom stereocenters. The van der Waals surface area contributed by atoms with E-state index >= 15 is 0 Å². The fraction of sp³-hybridized carbons (Fsp3) is 0.118. The molecule has 0 aliphatic heterocycles. The number of carbonyl (C=O) groups is 1. The van der Waals surface area contributed by atoms with Crippen molar-refractivity contribution in [1.82, 2.24) is 0 Å². The number of ether oxygens (including phenoxy) is 1. The van der Waals surface area contributed by atoms with Crippen molar-refractivity contribution in [2.45, 2.75) is 13.2 Å². The molecule has 0 saturated heterocycles. The number of benzene rings is 2. The summed E-state index contributed by atoms with van der Waals surface area (Å²) in [7, 11) is 0. The highest BCUT2D eigenvalue weighted by Gasteiger charge is 2.05. The van der Waals surface area contributed by atoms with Crippen molar-refractivity contribution < 1.29 is 23.4 Å². The second-order valence-corrected chi connectivity index (χ2v) is 4.53. The highest BCUT2D eigenvalue weighted by atomic mass is 19.1. The van der Waals surface area contributed by atoms with Crippen LogP contribution in [-0.2, 0) is 22.7 Å². The minimum absolute atomic E-state index is 0.00576. The highest BCUT2D eigenvalue weighted by Crippen LogP contribution is 2.12. The first kappa shape index (κ1) is 15.9. The molecule has 0 radical (unpaired) electrons. The zero-order valence-electron chi connectivity index (χ0n) is 11.6. The van der Waals surface area contributed by atoms with Gasteiger partial charge in [-0.05, 0) is 29.3 Å². The van der Waals surface area contributed by atoms with Crippen molar-refractivity contribution in [2.24, 2.45) is 0 Å². The smallest absolute Gasteiger partial charge is 0.331 e. The van der Waals surface area contributed by atoms with Crippen LogP contribution in [0.5, 0.6) is 0 Å². The average Bonchev–Trinajstić information content (AvgIpc) is 2.52. The Balaban J connectivity index is 1.97. The van der Waals surface area contributed by atoms with Gasteiger partial charge < -0.3 is 9.84 Å². The number of aliphatic hydroxyl groups excluding tert-OH is 1. The number of aliphatic hydroxyl groups is 1. The molecule has 2 aromatic rings. The van der Waals surface area contributed by atoms with Crippen LogP contribution in [0.1, 0.15) is 16.7 Å². The summed E-state index contributed by atoms with van der Waals surface area (Å²) < 4.78 is 31.2. The van der Waals surface area contributed by atoms with E-state index < -0.39 is 17.6 Å². The van der Waals surface area contributed by atoms with E-state index in [2.05, 4.69) is 0 Å². The van der Waals surface area contributed by atoms with Gasteiger partial charge in [-0.3, -0.25) is 0 Å². The molecular formula is C17H14F2O3. The number of halogens is 2. The molecule has 3 nitrogen and oxygen atoms in total. The molecule has 0 saturated carbocycles. The lowest BCUT2D eigenvalue weighted by Crippen LogP contribution is -2.03. The quantitative estimate of drug-likeness (QED) is 0.681. The molecule has 114 valence electrons. The van der Waals surface area contributed by atoms with Gasteiger partial charge in [-0.1, -0.05) is 24.3 Å². The Morgan fingerprint density at radius 1 is 1.14 bits per heavy atom. The third-order valence-electron chi connectivity index (χ3n) is 3.02. The van der Waals surface area contributed by atoms with Gasteiger partial charge in [0.05, 0.1) is 6.61 Å². The Bertz CT molecular complexity index is 696. The van der Waals surface area contributed by atoms with Gasteiger partial charge in [-0.2, -0.15) is 0 Å². The maximum absolute atomic E-state index is 13.4. The Kier molecular flexibility index (Phi) is 5.38. The van der Waals surface area contributed by atoms with Crippen molar-refractivity contribution in [3.8, 4) is 0 Å². The average molecular weight is 304 g/mol. The van der Waals surface area contributed by atoms with Gasteiger partial charge in [0.15, 0.2) is 0 Å². The van der Waals surface area contributed by atoms with Crippen LogP contribution in [0.15, 0.2) is 48.5 Å². The molecular weight excluding hydrogens is 290 g/mol. The normalized spacial score (nSPS) is 10.9. The van der Waals surface area contributed by atoms with Crippen LogP contribution in [0.4, 0.5) is 8.78 Å². The molecule has 0 amide bonds. The van der Waals surface area contributed by atoms with Crippen molar-refractivity contribution in [2.75, 3.05) is 0 Å². The molecule has 0 fully saturated rings. The first-order chi connectivity index (χ1) is 10.6. The van der Waals surface area contributed by atoms with Gasteiger partial charge in [-0.25, -0.2) is 13.6 Å². The summed E-state index contributed by atoms with van der Waals surface area (Å²) in [6, 6.07) is 10.1. The number of esters is 1.